The molecule has 0 radical (unpaired) electrons. The molecule has 0 saturated heterocycles. The summed E-state index contributed by atoms with van der Waals surface area (Å²) >= 11 is 1.82. The molecule has 1 N–H and O–H groups in total. The number of nitrogens with zero attached hydrogens (tertiary/aromatic N) is 1. The molecule has 17 heavy (non-hydrogen) atoms. The van der Waals surface area contributed by atoms with Gasteiger partial charge in [0.05, 0.1) is 11.7 Å². The average Bonchev–Trinajstić information content (AvgIpc) is 2.91. The molecule has 0 bridgehead atoms. The Labute approximate surface area is 109 Å². The molecular weight excluding hydrogens is 228 g/mol. The van der Waals surface area contributed by atoms with Gasteiger partial charge in [0, 0.05) is 16.8 Å². The lowest BCUT2D eigenvalue weighted by atomic mass is 9.93. The number of nitrogens with one attached hydrogen (secondary N) is 1. The molecule has 0 aromatic carbocycles. The molecule has 1 heterocycles. The van der Waals surface area contributed by atoms with Crippen LogP contribution in [-0.2, 0) is 5.41 Å². The summed E-state index contributed by atoms with van der Waals surface area (Å²) in [5, 5.41) is 7.23. The van der Waals surface area contributed by atoms with Crippen molar-refractivity contribution in [2.45, 2.75) is 70.9 Å². The Morgan fingerprint density at radius 3 is 2.65 bits per heavy atom. The van der Waals surface area contributed by atoms with Crippen molar-refractivity contribution >= 4 is 11.3 Å². The predicted molar refractivity (Wildman–Crippen MR) is 74.6 cm³/mol. The predicted octanol–water partition coefficient (Wildman–Crippen LogP) is 4.03. The molecule has 1 saturated carbocycles. The molecular formula is C14H24N2S. The second kappa shape index (κ2) is 5.07. The smallest absolute Gasteiger partial charge is 0.110 e. The molecule has 1 fully saturated rings. The van der Waals surface area contributed by atoms with Crippen molar-refractivity contribution in [1.29, 1.82) is 0 Å². The molecule has 2 nitrogen and oxygen atoms in total. The monoisotopic (exact) mass is 252 g/mol. The normalized spacial score (nSPS) is 18.4. The number of hydrogen-bond donors (Lipinski definition) is 1. The molecule has 1 aliphatic rings. The first-order valence-corrected chi connectivity index (χ1v) is 7.60. The fraction of sp³-hybridized carbons (Fsp3) is 0.786. The van der Waals surface area contributed by atoms with E-state index in [-0.39, 0.29) is 5.41 Å². The quantitative estimate of drug-likeness (QED) is 0.855. The van der Waals surface area contributed by atoms with Crippen LogP contribution in [0.4, 0.5) is 0 Å². The van der Waals surface area contributed by atoms with Gasteiger partial charge in [0.15, 0.2) is 0 Å². The van der Waals surface area contributed by atoms with Gasteiger partial charge in [0.25, 0.3) is 0 Å². The van der Waals surface area contributed by atoms with Crippen LogP contribution in [-0.4, -0.2) is 11.0 Å². The van der Waals surface area contributed by atoms with E-state index in [2.05, 4.69) is 38.4 Å². The van der Waals surface area contributed by atoms with E-state index in [9.17, 15) is 0 Å². The van der Waals surface area contributed by atoms with Crippen LogP contribution < -0.4 is 5.32 Å². The van der Waals surface area contributed by atoms with E-state index >= 15 is 0 Å². The zero-order valence-electron chi connectivity index (χ0n) is 11.4. The van der Waals surface area contributed by atoms with Crippen LogP contribution in [0, 0.1) is 0 Å². The molecule has 1 unspecified atom stereocenters. The number of thiazole rings is 1. The molecule has 0 amide bonds. The Bertz CT molecular complexity index is 361. The summed E-state index contributed by atoms with van der Waals surface area (Å²) in [7, 11) is 0. The van der Waals surface area contributed by atoms with Crippen molar-refractivity contribution in [3.8, 4) is 0 Å². The van der Waals surface area contributed by atoms with E-state index < -0.39 is 0 Å². The molecule has 0 spiro atoms. The highest BCUT2D eigenvalue weighted by Crippen LogP contribution is 2.31. The lowest BCUT2D eigenvalue weighted by Gasteiger charge is -2.17. The Balaban J connectivity index is 2.08. The molecule has 0 aliphatic heterocycles. The van der Waals surface area contributed by atoms with Crippen LogP contribution in [0.1, 0.15) is 70.1 Å². The Hall–Kier alpha value is -0.410. The first-order chi connectivity index (χ1) is 8.00. The van der Waals surface area contributed by atoms with Crippen LogP contribution >= 0.6 is 11.3 Å². The molecule has 3 heteroatoms. The van der Waals surface area contributed by atoms with Gasteiger partial charge >= 0.3 is 0 Å². The number of hydrogen-bond acceptors (Lipinski definition) is 3. The minimum atomic E-state index is 0.172. The standard InChI is InChI=1S/C14H24N2S/c1-5-6-11(15-10-7-8-10)13-16-12(9-17-13)14(2,3)4/h9-11,15H,5-8H2,1-4H3. The largest absolute Gasteiger partial charge is 0.305 e. The summed E-state index contributed by atoms with van der Waals surface area (Å²) in [6, 6.07) is 1.24. The van der Waals surface area contributed by atoms with E-state index in [0.29, 0.717) is 6.04 Å². The molecule has 96 valence electrons. The third kappa shape index (κ3) is 3.52. The van der Waals surface area contributed by atoms with Crippen LogP contribution in [0.5, 0.6) is 0 Å². The topological polar surface area (TPSA) is 24.9 Å². The highest BCUT2D eigenvalue weighted by molar-refractivity contribution is 7.09. The van der Waals surface area contributed by atoms with Gasteiger partial charge in [-0.15, -0.1) is 11.3 Å². The summed E-state index contributed by atoms with van der Waals surface area (Å²) in [6.45, 7) is 8.94. The molecule has 1 atom stereocenters. The minimum absolute atomic E-state index is 0.172. The van der Waals surface area contributed by atoms with Crippen molar-refractivity contribution in [2.75, 3.05) is 0 Å². The Morgan fingerprint density at radius 2 is 2.18 bits per heavy atom. The summed E-state index contributed by atoms with van der Waals surface area (Å²) in [4.78, 5) is 4.84. The maximum atomic E-state index is 4.84. The van der Waals surface area contributed by atoms with Crippen LogP contribution in [0.25, 0.3) is 0 Å². The first-order valence-electron chi connectivity index (χ1n) is 6.72. The molecule has 1 aromatic heterocycles. The van der Waals surface area contributed by atoms with Crippen molar-refractivity contribution in [3.63, 3.8) is 0 Å². The summed E-state index contributed by atoms with van der Waals surface area (Å²) in [5.74, 6) is 0. The number of rotatable bonds is 5. The lowest BCUT2D eigenvalue weighted by molar-refractivity contribution is 0.484. The van der Waals surface area contributed by atoms with Gasteiger partial charge in [-0.3, -0.25) is 0 Å². The maximum absolute atomic E-state index is 4.84. The molecule has 1 aromatic rings. The van der Waals surface area contributed by atoms with Gasteiger partial charge in [-0.25, -0.2) is 4.98 Å². The van der Waals surface area contributed by atoms with Gasteiger partial charge in [-0.2, -0.15) is 0 Å². The van der Waals surface area contributed by atoms with Crippen LogP contribution in [0.3, 0.4) is 0 Å². The van der Waals surface area contributed by atoms with E-state index in [4.69, 9.17) is 4.98 Å². The van der Waals surface area contributed by atoms with Gasteiger partial charge in [-0.1, -0.05) is 34.1 Å². The highest BCUT2D eigenvalue weighted by atomic mass is 32.1. The van der Waals surface area contributed by atoms with Gasteiger partial charge in [0.2, 0.25) is 0 Å². The fourth-order valence-corrected chi connectivity index (χ4v) is 3.03. The van der Waals surface area contributed by atoms with Crippen molar-refractivity contribution in [3.05, 3.63) is 16.1 Å². The zero-order chi connectivity index (χ0) is 12.5. The van der Waals surface area contributed by atoms with Gasteiger partial charge in [-0.05, 0) is 19.3 Å². The average molecular weight is 252 g/mol. The third-order valence-corrected chi connectivity index (χ3v) is 4.14. The summed E-state index contributed by atoms with van der Waals surface area (Å²) < 4.78 is 0. The summed E-state index contributed by atoms with van der Waals surface area (Å²) in [5.41, 5.74) is 1.40. The summed E-state index contributed by atoms with van der Waals surface area (Å²) in [6.07, 6.45) is 5.11. The molecule has 1 aliphatic carbocycles. The van der Waals surface area contributed by atoms with Crippen molar-refractivity contribution < 1.29 is 0 Å². The Kier molecular flexibility index (Phi) is 3.88. The Morgan fingerprint density at radius 1 is 1.47 bits per heavy atom. The van der Waals surface area contributed by atoms with Crippen LogP contribution in [0.2, 0.25) is 0 Å². The third-order valence-electron chi connectivity index (χ3n) is 3.18. The second-order valence-corrected chi connectivity index (χ2v) is 6.99. The van der Waals surface area contributed by atoms with Gasteiger partial charge < -0.3 is 5.32 Å². The van der Waals surface area contributed by atoms with E-state index in [1.807, 2.05) is 11.3 Å². The van der Waals surface area contributed by atoms with Crippen LogP contribution in [0.15, 0.2) is 5.38 Å². The SMILES string of the molecule is CCCC(NC1CC1)c1nc(C(C)(C)C)cs1. The maximum Gasteiger partial charge on any atom is 0.110 e. The fourth-order valence-electron chi connectivity index (χ4n) is 1.89. The highest BCUT2D eigenvalue weighted by Gasteiger charge is 2.27. The first kappa shape index (κ1) is 13.0. The second-order valence-electron chi connectivity index (χ2n) is 6.10. The van der Waals surface area contributed by atoms with Gasteiger partial charge in [0.1, 0.15) is 5.01 Å². The van der Waals surface area contributed by atoms with E-state index in [1.165, 1.54) is 36.4 Å². The van der Waals surface area contributed by atoms with E-state index in [0.717, 1.165) is 6.04 Å². The minimum Gasteiger partial charge on any atom is -0.305 e. The van der Waals surface area contributed by atoms with Crippen molar-refractivity contribution in [1.82, 2.24) is 10.3 Å². The van der Waals surface area contributed by atoms with Crippen molar-refractivity contribution in [2.24, 2.45) is 0 Å². The molecule has 2 rings (SSSR count). The van der Waals surface area contributed by atoms with E-state index in [1.54, 1.807) is 0 Å². The lowest BCUT2D eigenvalue weighted by Crippen LogP contribution is -2.23. The zero-order valence-corrected chi connectivity index (χ0v) is 12.2. The number of aromatic nitrogens is 1.